The van der Waals surface area contributed by atoms with Crippen LogP contribution in [0, 0.1) is 5.92 Å². The summed E-state index contributed by atoms with van der Waals surface area (Å²) in [6.45, 7) is 0.864. The molecule has 1 N–H and O–H groups in total. The molecular formula is C18H18ClNO. The van der Waals surface area contributed by atoms with Crippen LogP contribution in [0.15, 0.2) is 48.5 Å². The van der Waals surface area contributed by atoms with Gasteiger partial charge in [0.05, 0.1) is 12.1 Å². The van der Waals surface area contributed by atoms with Crippen molar-refractivity contribution in [3.05, 3.63) is 64.7 Å². The van der Waals surface area contributed by atoms with Gasteiger partial charge in [-0.2, -0.15) is 0 Å². The van der Waals surface area contributed by atoms with E-state index in [4.69, 9.17) is 16.3 Å². The van der Waals surface area contributed by atoms with Crippen LogP contribution in [0.3, 0.4) is 0 Å². The summed E-state index contributed by atoms with van der Waals surface area (Å²) in [6, 6.07) is 17.0. The first kappa shape index (κ1) is 13.2. The standard InChI is InChI=1S/C18H18ClNO/c19-13-9-7-12(8-10-13)17-15-5-3-11-21-18(15)14-4-1-2-6-16(14)20-17/h1-2,4,6-10,15,17-18,20H,3,5,11H2/t15-,17+,18+/m1/s1. The Bertz CT molecular complexity index is 640. The number of benzene rings is 2. The van der Waals surface area contributed by atoms with Crippen LogP contribution in [-0.4, -0.2) is 6.61 Å². The molecule has 21 heavy (non-hydrogen) atoms. The summed E-state index contributed by atoms with van der Waals surface area (Å²) in [5.74, 6) is 0.481. The fourth-order valence-corrected chi connectivity index (χ4v) is 3.74. The lowest BCUT2D eigenvalue weighted by Crippen LogP contribution is -2.35. The van der Waals surface area contributed by atoms with Crippen LogP contribution in [0.5, 0.6) is 0 Å². The normalized spacial score (nSPS) is 27.4. The monoisotopic (exact) mass is 299 g/mol. The molecule has 108 valence electrons. The minimum absolute atomic E-state index is 0.205. The van der Waals surface area contributed by atoms with Gasteiger partial charge >= 0.3 is 0 Å². The number of halogens is 1. The molecule has 4 rings (SSSR count). The van der Waals surface area contributed by atoms with Gasteiger partial charge in [-0.3, -0.25) is 0 Å². The molecule has 3 atom stereocenters. The second kappa shape index (κ2) is 5.36. The van der Waals surface area contributed by atoms with Gasteiger partial charge in [0.15, 0.2) is 0 Å². The lowest BCUT2D eigenvalue weighted by Gasteiger charge is -2.43. The topological polar surface area (TPSA) is 21.3 Å². The van der Waals surface area contributed by atoms with E-state index in [1.54, 1.807) is 0 Å². The zero-order valence-corrected chi connectivity index (χ0v) is 12.5. The lowest BCUT2D eigenvalue weighted by atomic mass is 9.77. The van der Waals surface area contributed by atoms with Crippen LogP contribution in [0.4, 0.5) is 5.69 Å². The Kier molecular flexibility index (Phi) is 3.36. The summed E-state index contributed by atoms with van der Waals surface area (Å²) < 4.78 is 6.12. The largest absolute Gasteiger partial charge is 0.378 e. The third kappa shape index (κ3) is 2.33. The molecule has 2 nitrogen and oxygen atoms in total. The van der Waals surface area contributed by atoms with E-state index in [2.05, 4.69) is 41.7 Å². The zero-order valence-electron chi connectivity index (χ0n) is 11.8. The van der Waals surface area contributed by atoms with Gasteiger partial charge in [-0.05, 0) is 36.6 Å². The molecule has 1 saturated heterocycles. The molecule has 2 aliphatic rings. The van der Waals surface area contributed by atoms with Crippen LogP contribution < -0.4 is 5.32 Å². The van der Waals surface area contributed by atoms with E-state index in [9.17, 15) is 0 Å². The van der Waals surface area contributed by atoms with E-state index < -0.39 is 0 Å². The number of fused-ring (bicyclic) bond motifs is 3. The van der Waals surface area contributed by atoms with Gasteiger partial charge in [-0.15, -0.1) is 0 Å². The van der Waals surface area contributed by atoms with Crippen molar-refractivity contribution in [1.82, 2.24) is 0 Å². The molecule has 2 aliphatic heterocycles. The van der Waals surface area contributed by atoms with Crippen molar-refractivity contribution in [3.63, 3.8) is 0 Å². The average Bonchev–Trinajstić information content (AvgIpc) is 2.55. The first-order valence-electron chi connectivity index (χ1n) is 7.55. The van der Waals surface area contributed by atoms with Crippen molar-refractivity contribution in [2.75, 3.05) is 11.9 Å². The van der Waals surface area contributed by atoms with Gasteiger partial charge in [0, 0.05) is 28.8 Å². The molecule has 2 aromatic rings. The minimum Gasteiger partial charge on any atom is -0.378 e. The molecule has 0 amide bonds. The van der Waals surface area contributed by atoms with Gasteiger partial charge in [-0.25, -0.2) is 0 Å². The van der Waals surface area contributed by atoms with Gasteiger partial charge in [0.1, 0.15) is 0 Å². The molecule has 0 unspecified atom stereocenters. The quantitative estimate of drug-likeness (QED) is 0.802. The number of para-hydroxylation sites is 1. The van der Waals surface area contributed by atoms with Gasteiger partial charge in [-0.1, -0.05) is 41.9 Å². The number of anilines is 1. The fourth-order valence-electron chi connectivity index (χ4n) is 3.62. The summed E-state index contributed by atoms with van der Waals surface area (Å²) in [7, 11) is 0. The van der Waals surface area contributed by atoms with E-state index in [1.165, 1.54) is 23.2 Å². The molecule has 0 radical (unpaired) electrons. The molecule has 0 saturated carbocycles. The Labute approximate surface area is 130 Å². The van der Waals surface area contributed by atoms with E-state index in [1.807, 2.05) is 12.1 Å². The molecule has 2 heterocycles. The second-order valence-corrected chi connectivity index (χ2v) is 6.29. The Balaban J connectivity index is 1.76. The highest BCUT2D eigenvalue weighted by Gasteiger charge is 2.39. The molecular weight excluding hydrogens is 282 g/mol. The van der Waals surface area contributed by atoms with Crippen LogP contribution in [0.25, 0.3) is 0 Å². The predicted molar refractivity (Wildman–Crippen MR) is 85.7 cm³/mol. The van der Waals surface area contributed by atoms with Gasteiger partial charge < -0.3 is 10.1 Å². The number of hydrogen-bond acceptors (Lipinski definition) is 2. The maximum Gasteiger partial charge on any atom is 0.0895 e. The number of ether oxygens (including phenoxy) is 1. The highest BCUT2D eigenvalue weighted by atomic mass is 35.5. The van der Waals surface area contributed by atoms with Crippen molar-refractivity contribution < 1.29 is 4.74 Å². The average molecular weight is 300 g/mol. The SMILES string of the molecule is Clc1ccc([C@@H]2Nc3ccccc3[C@@H]3OCCC[C@H]23)cc1. The number of rotatable bonds is 1. The van der Waals surface area contributed by atoms with Crippen LogP contribution in [0.1, 0.15) is 36.1 Å². The first-order chi connectivity index (χ1) is 10.3. The van der Waals surface area contributed by atoms with E-state index >= 15 is 0 Å². The van der Waals surface area contributed by atoms with E-state index in [0.29, 0.717) is 12.0 Å². The Morgan fingerprint density at radius 2 is 1.86 bits per heavy atom. The summed E-state index contributed by atoms with van der Waals surface area (Å²) in [4.78, 5) is 0. The summed E-state index contributed by atoms with van der Waals surface area (Å²) in [5.41, 5.74) is 3.78. The Morgan fingerprint density at radius 3 is 2.71 bits per heavy atom. The van der Waals surface area contributed by atoms with Crippen LogP contribution >= 0.6 is 11.6 Å². The van der Waals surface area contributed by atoms with E-state index in [-0.39, 0.29) is 6.10 Å². The Hall–Kier alpha value is -1.51. The highest BCUT2D eigenvalue weighted by Crippen LogP contribution is 2.48. The molecule has 3 heteroatoms. The Morgan fingerprint density at radius 1 is 1.05 bits per heavy atom. The molecule has 0 spiro atoms. The van der Waals surface area contributed by atoms with Gasteiger partial charge in [0.25, 0.3) is 0 Å². The molecule has 2 aromatic carbocycles. The molecule has 0 aromatic heterocycles. The van der Waals surface area contributed by atoms with Crippen LogP contribution in [0.2, 0.25) is 5.02 Å². The van der Waals surface area contributed by atoms with Crippen molar-refractivity contribution in [3.8, 4) is 0 Å². The maximum atomic E-state index is 6.12. The van der Waals surface area contributed by atoms with Crippen molar-refractivity contribution in [2.45, 2.75) is 25.0 Å². The summed E-state index contributed by atoms with van der Waals surface area (Å²) >= 11 is 6.02. The van der Waals surface area contributed by atoms with Crippen LogP contribution in [-0.2, 0) is 4.74 Å². The van der Waals surface area contributed by atoms with Crippen molar-refractivity contribution in [1.29, 1.82) is 0 Å². The van der Waals surface area contributed by atoms with Gasteiger partial charge in [0.2, 0.25) is 0 Å². The summed E-state index contributed by atoms with van der Waals surface area (Å²) in [6.07, 6.45) is 2.53. The smallest absolute Gasteiger partial charge is 0.0895 e. The highest BCUT2D eigenvalue weighted by molar-refractivity contribution is 6.30. The minimum atomic E-state index is 0.205. The zero-order chi connectivity index (χ0) is 14.2. The third-order valence-electron chi connectivity index (χ3n) is 4.60. The second-order valence-electron chi connectivity index (χ2n) is 5.86. The fraction of sp³-hybridized carbons (Fsp3) is 0.333. The van der Waals surface area contributed by atoms with E-state index in [0.717, 1.165) is 18.1 Å². The molecule has 1 fully saturated rings. The number of hydrogen-bond donors (Lipinski definition) is 1. The summed E-state index contributed by atoms with van der Waals surface area (Å²) in [5, 5.41) is 4.49. The third-order valence-corrected chi connectivity index (χ3v) is 4.86. The van der Waals surface area contributed by atoms with Crippen molar-refractivity contribution >= 4 is 17.3 Å². The first-order valence-corrected chi connectivity index (χ1v) is 7.93. The predicted octanol–water partition coefficient (Wildman–Crippen LogP) is 4.97. The molecule has 0 bridgehead atoms. The number of nitrogens with one attached hydrogen (secondary N) is 1. The lowest BCUT2D eigenvalue weighted by molar-refractivity contribution is -0.0381. The molecule has 0 aliphatic carbocycles. The van der Waals surface area contributed by atoms with Crippen molar-refractivity contribution in [2.24, 2.45) is 5.92 Å². The maximum absolute atomic E-state index is 6.12.